The standard InChI is InChI=1S/C98H117N11O27S2/c1-52-71(46-97(129)47-72(134-92(127)60-30-18-11-19-31-60)82-96(7,73(114)45-74-98(82,51-130-74)136-55(4)112)83(117)80(131-54(3)111)77(52)95(97,5)6)133-93(128)81(79(58-26-14-9-15-27-58)109-84(118)59-28-16-10-17-29-59)135-76(116)36-22-35-75(115)132-70(43-56-24-12-8-13-25-56)90(124)107-68(49-137)88(122)104-66(42-57-37-39-62(113)40-38-57)86(120)105-67(44-61-48-102-64-33-21-20-32-63(61)64)87(121)103-65(34-23-41-101-94(99)100)85(119)106-69(50-138)89(123)108-78(53(2)110)91(125)126/h8-21,24-33,37-40,48,53,65-74,78-82,92,102,110,113-114,127,129,137-138H,22-23,34-36,41-47,49-51H2,1-7H3,(H,103,121)(H,104,122)(H,105,120)(H,106,119)(H,107,124)(H,108,123)(H,109,118)(H,125,126)(H4,99,100,101)/t53-,65+,66+,67+,68+,69+,70+,71+,72-,73+,74-,78+,79-,80-,81-,82?,92?,96-,97-,98+/m1/s1. The Hall–Kier alpha value is -13.1. The molecular weight excluding hydrogens is 1830 g/mol. The molecule has 38 nitrogen and oxygen atoms in total. The van der Waals surface area contributed by atoms with Gasteiger partial charge in [0.2, 0.25) is 35.6 Å². The number of phenols is 1. The molecule has 6 aromatic carbocycles. The number of carbonyl (C=O) groups is 14. The highest BCUT2D eigenvalue weighted by Crippen LogP contribution is 2.63. The van der Waals surface area contributed by atoms with Crippen molar-refractivity contribution in [3.8, 4) is 5.75 Å². The number of rotatable bonds is 43. The number of para-hydroxylation sites is 1. The maximum atomic E-state index is 16.3. The first kappa shape index (κ1) is 105. The van der Waals surface area contributed by atoms with Crippen molar-refractivity contribution < 1.29 is 131 Å². The summed E-state index contributed by atoms with van der Waals surface area (Å²) in [6, 6.07) is 33.0. The van der Waals surface area contributed by atoms with Gasteiger partial charge in [0.1, 0.15) is 54.2 Å². The number of aromatic amines is 1. The lowest BCUT2D eigenvalue weighted by molar-refractivity contribution is -0.342. The molecule has 40 heteroatoms. The van der Waals surface area contributed by atoms with Crippen LogP contribution >= 0.6 is 25.3 Å². The summed E-state index contributed by atoms with van der Waals surface area (Å²) in [5, 5.41) is 97.8. The van der Waals surface area contributed by atoms with Crippen LogP contribution in [-0.2, 0) is 115 Å². The van der Waals surface area contributed by atoms with Crippen LogP contribution in [0.5, 0.6) is 5.75 Å². The Kier molecular flexibility index (Phi) is 35.8. The smallest absolute Gasteiger partial charge is 0.350 e. The molecule has 738 valence electrons. The van der Waals surface area contributed by atoms with E-state index in [9.17, 15) is 78.6 Å². The number of fused-ring (bicyclic) bond motifs is 6. The largest absolute Gasteiger partial charge is 0.508 e. The number of aromatic hydroxyl groups is 1. The first-order chi connectivity index (χ1) is 65.6. The number of hydrogen-bond acceptors (Lipinski definition) is 29. The zero-order valence-electron chi connectivity index (χ0n) is 76.9. The Bertz CT molecular complexity index is 5610. The highest BCUT2D eigenvalue weighted by atomic mass is 32.1. The number of benzene rings is 6. The fourth-order valence-electron chi connectivity index (χ4n) is 18.4. The molecule has 11 rings (SSSR count). The van der Waals surface area contributed by atoms with E-state index in [-0.39, 0.29) is 85.3 Å². The number of guanidine groups is 1. The summed E-state index contributed by atoms with van der Waals surface area (Å²) in [7, 11) is 0. The van der Waals surface area contributed by atoms with Crippen molar-refractivity contribution in [3.63, 3.8) is 0 Å². The number of Topliss-reactive ketones (excluding diaryl/α,β-unsaturated/α-hetero) is 1. The predicted molar refractivity (Wildman–Crippen MR) is 502 cm³/mol. The summed E-state index contributed by atoms with van der Waals surface area (Å²) in [5.41, 5.74) is -0.0515. The summed E-state index contributed by atoms with van der Waals surface area (Å²) in [4.78, 5) is 206. The highest BCUT2D eigenvalue weighted by Gasteiger charge is 2.75. The van der Waals surface area contributed by atoms with E-state index in [1.165, 1.54) is 62.4 Å². The molecule has 1 aliphatic heterocycles. The topological polar surface area (TPSA) is 587 Å². The third-order valence-electron chi connectivity index (χ3n) is 25.7. The second kappa shape index (κ2) is 46.8. The molecule has 1 saturated heterocycles. The molecule has 18 N–H and O–H groups in total. The van der Waals surface area contributed by atoms with Gasteiger partial charge in [-0.1, -0.05) is 153 Å². The van der Waals surface area contributed by atoms with Crippen LogP contribution in [0.4, 0.5) is 0 Å². The van der Waals surface area contributed by atoms with E-state index < -0.39 is 258 Å². The molecule has 2 saturated carbocycles. The summed E-state index contributed by atoms with van der Waals surface area (Å²) in [6.07, 6.45) is -18.1. The van der Waals surface area contributed by atoms with E-state index >= 15 is 19.2 Å². The van der Waals surface area contributed by atoms with Crippen molar-refractivity contribution in [3.05, 3.63) is 221 Å². The number of phenolic OH excluding ortho intramolecular Hbond substituents is 1. The van der Waals surface area contributed by atoms with E-state index in [1.807, 2.05) is 0 Å². The van der Waals surface area contributed by atoms with E-state index in [0.717, 1.165) is 20.8 Å². The van der Waals surface area contributed by atoms with Gasteiger partial charge in [0, 0.05) is 123 Å². The van der Waals surface area contributed by atoms with Gasteiger partial charge >= 0.3 is 35.8 Å². The van der Waals surface area contributed by atoms with Crippen molar-refractivity contribution in [1.29, 1.82) is 5.41 Å². The number of hydrogen-bond donors (Lipinski definition) is 19. The van der Waals surface area contributed by atoms with Gasteiger partial charge < -0.3 is 117 Å². The third kappa shape index (κ3) is 25.5. The zero-order valence-corrected chi connectivity index (χ0v) is 78.7. The molecule has 3 fully saturated rings. The molecule has 2 unspecified atom stereocenters. The monoisotopic (exact) mass is 1940 g/mol. The number of aliphatic carboxylic acids is 1. The molecule has 2 bridgehead atoms. The number of aliphatic hydroxyl groups is 4. The maximum absolute atomic E-state index is 16.3. The molecule has 7 aromatic rings. The Morgan fingerprint density at radius 2 is 1.16 bits per heavy atom. The number of nitrogens with one attached hydrogen (secondary N) is 10. The summed E-state index contributed by atoms with van der Waals surface area (Å²) in [6.45, 7) is 8.95. The van der Waals surface area contributed by atoms with E-state index in [4.69, 9.17) is 44.3 Å². The fourth-order valence-corrected chi connectivity index (χ4v) is 18.9. The van der Waals surface area contributed by atoms with Gasteiger partial charge in [-0.2, -0.15) is 25.3 Å². The minimum atomic E-state index is -2.30. The molecule has 0 spiro atoms. The quantitative estimate of drug-likeness (QED) is 0.00375. The number of carbonyl (C=O) groups excluding carboxylic acids is 13. The highest BCUT2D eigenvalue weighted by molar-refractivity contribution is 7.80. The number of ketones is 1. The van der Waals surface area contributed by atoms with Crippen LogP contribution in [0.3, 0.4) is 0 Å². The number of H-pyrrole nitrogens is 1. The van der Waals surface area contributed by atoms with Gasteiger partial charge in [-0.15, -0.1) is 0 Å². The zero-order chi connectivity index (χ0) is 100. The fraction of sp³-hybridized carbons (Fsp3) is 0.439. The van der Waals surface area contributed by atoms with Crippen LogP contribution < -0.4 is 48.3 Å². The number of aliphatic hydroxyl groups excluding tert-OH is 3. The van der Waals surface area contributed by atoms with Gasteiger partial charge in [0.15, 0.2) is 41.9 Å². The lowest BCUT2D eigenvalue weighted by atomic mass is 9.52. The molecular formula is C98H117N11O27S2. The molecule has 20 atom stereocenters. The molecule has 0 radical (unpaired) electrons. The van der Waals surface area contributed by atoms with Crippen LogP contribution in [0.25, 0.3) is 10.9 Å². The average molecular weight is 1950 g/mol. The van der Waals surface area contributed by atoms with Gasteiger partial charge in [-0.05, 0) is 104 Å². The Balaban J connectivity index is 0.848. The van der Waals surface area contributed by atoms with Crippen LogP contribution in [0.2, 0.25) is 0 Å². The number of aromatic nitrogens is 1. The SMILES string of the molecule is CC(=O)O[C@H]1C(=O)[C@@]2(C)C([C@H](OC(O)c3ccccc3)C[C@]3(O)C[C@H](OC(=O)[C@H](OC(=O)CCCC(=O)O[C@@H](Cc4ccccc4)C(=O)N[C@@H](CS)C(=O)N[C@@H](Cc4ccc(O)cc4)C(=O)N[C@@H](Cc4c[nH]c5ccccc45)C(=O)N[C@@H](CCCNC(=N)N)C(=O)N[C@@H](CS)C(=O)N[C@H](C(=O)O)[C@@H](C)O)[C@H](NC(=O)c4ccccc4)c4ccccc4)C(C)=C1C3(C)C)[C@]1(OC(C)=O)CO[C@@H]1C[C@@H]2O. The number of esters is 5. The number of carboxylic acids is 1. The van der Waals surface area contributed by atoms with Crippen molar-refractivity contribution in [2.24, 2.45) is 22.5 Å². The number of thiol groups is 2. The van der Waals surface area contributed by atoms with Crippen molar-refractivity contribution in [1.82, 2.24) is 47.5 Å². The first-order valence-electron chi connectivity index (χ1n) is 45.0. The van der Waals surface area contributed by atoms with E-state index in [1.54, 1.807) is 141 Å². The molecule has 1 aromatic heterocycles. The van der Waals surface area contributed by atoms with Crippen LogP contribution in [0.1, 0.15) is 150 Å². The normalized spacial score (nSPS) is 22.6. The summed E-state index contributed by atoms with van der Waals surface area (Å²) >= 11 is 8.64. The predicted octanol–water partition coefficient (Wildman–Crippen LogP) is 4.02. The average Bonchev–Trinajstić information content (AvgIpc) is 1.30. The minimum Gasteiger partial charge on any atom is -0.508 e. The minimum absolute atomic E-state index is 0.00509. The second-order valence-electron chi connectivity index (χ2n) is 35.6. The van der Waals surface area contributed by atoms with E-state index in [2.05, 4.69) is 72.8 Å². The third-order valence-corrected chi connectivity index (χ3v) is 26.5. The lowest BCUT2D eigenvalue weighted by Gasteiger charge is -2.63. The summed E-state index contributed by atoms with van der Waals surface area (Å²) < 4.78 is 43.6. The van der Waals surface area contributed by atoms with Gasteiger partial charge in [-0.3, -0.25) is 62.9 Å². The number of carboxylic acid groups (broad SMARTS) is 1. The number of nitrogens with two attached hydrogens (primary N) is 1. The van der Waals surface area contributed by atoms with Gasteiger partial charge in [0.05, 0.1) is 35.9 Å². The first-order valence-corrected chi connectivity index (χ1v) is 46.3. The molecule has 138 heavy (non-hydrogen) atoms. The molecule has 4 aliphatic rings. The Morgan fingerprint density at radius 3 is 1.74 bits per heavy atom. The number of ether oxygens (including phenoxy) is 7. The maximum Gasteiger partial charge on any atom is 0.350 e. The van der Waals surface area contributed by atoms with Crippen LogP contribution in [0, 0.1) is 22.2 Å². The summed E-state index contributed by atoms with van der Waals surface area (Å²) in [5.74, 6) is -17.8. The van der Waals surface area contributed by atoms with E-state index in [0.29, 0.717) is 27.6 Å². The second-order valence-corrected chi connectivity index (χ2v) is 36.3. The lowest BCUT2D eigenvalue weighted by Crippen LogP contribution is -2.77. The number of amides is 7. The van der Waals surface area contributed by atoms with Crippen LogP contribution in [-0.4, -0.2) is 245 Å². The van der Waals surface area contributed by atoms with Gasteiger partial charge in [0.25, 0.3) is 11.8 Å². The molecule has 7 amide bonds. The molecule has 3 aliphatic carbocycles. The van der Waals surface area contributed by atoms with Crippen molar-refractivity contribution >= 4 is 125 Å². The molecule has 2 heterocycles. The van der Waals surface area contributed by atoms with Gasteiger partial charge in [-0.25, -0.2) is 9.59 Å². The Morgan fingerprint density at radius 1 is 0.623 bits per heavy atom. The van der Waals surface area contributed by atoms with Crippen LogP contribution in [0.15, 0.2) is 187 Å². The van der Waals surface area contributed by atoms with Crippen molar-refractivity contribution in [2.75, 3.05) is 24.7 Å². The van der Waals surface area contributed by atoms with Crippen molar-refractivity contribution in [2.45, 2.75) is 228 Å². The Labute approximate surface area is 805 Å².